The van der Waals surface area contributed by atoms with E-state index in [4.69, 9.17) is 0 Å². The molecule has 0 radical (unpaired) electrons. The summed E-state index contributed by atoms with van der Waals surface area (Å²) in [5.41, 5.74) is 0. The van der Waals surface area contributed by atoms with Crippen LogP contribution >= 0.6 is 0 Å². The van der Waals surface area contributed by atoms with Crippen molar-refractivity contribution in [2.45, 2.75) is 46.0 Å². The maximum Gasteiger partial charge on any atom is -0.0234 e. The Kier molecular flexibility index (Phi) is 3.68. The van der Waals surface area contributed by atoms with Gasteiger partial charge < -0.3 is 0 Å². The van der Waals surface area contributed by atoms with Crippen LogP contribution in [0.1, 0.15) is 46.0 Å². The van der Waals surface area contributed by atoms with Gasteiger partial charge in [-0.1, -0.05) is 38.3 Å². The van der Waals surface area contributed by atoms with Gasteiger partial charge in [-0.25, -0.2) is 0 Å². The highest BCUT2D eigenvalue weighted by Crippen LogP contribution is 2.30. The molecule has 0 spiro atoms. The van der Waals surface area contributed by atoms with Crippen LogP contribution in [0.4, 0.5) is 0 Å². The van der Waals surface area contributed by atoms with Crippen molar-refractivity contribution in [3.63, 3.8) is 0 Å². The Morgan fingerprint density at radius 3 is 2.36 bits per heavy atom. The third-order valence-electron chi connectivity index (χ3n) is 2.89. The summed E-state index contributed by atoms with van der Waals surface area (Å²) in [7, 11) is 0. The summed E-state index contributed by atoms with van der Waals surface area (Å²) in [5.74, 6) is 1.81. The molecule has 1 saturated carbocycles. The molecule has 1 aliphatic carbocycles. The smallest absolute Gasteiger partial charge is 0.0234 e. The first-order chi connectivity index (χ1) is 5.34. The molecular weight excluding hydrogens is 132 g/mol. The Bertz CT molecular complexity index is 118. The molecule has 0 saturated heterocycles. The summed E-state index contributed by atoms with van der Waals surface area (Å²) in [4.78, 5) is 0. The zero-order valence-electron chi connectivity index (χ0n) is 7.84. The Balaban J connectivity index is 2.32. The van der Waals surface area contributed by atoms with Gasteiger partial charge in [0.15, 0.2) is 0 Å². The van der Waals surface area contributed by atoms with Crippen molar-refractivity contribution >= 4 is 0 Å². The molecule has 1 fully saturated rings. The van der Waals surface area contributed by atoms with Gasteiger partial charge in [-0.05, 0) is 31.6 Å². The third kappa shape index (κ3) is 2.69. The van der Waals surface area contributed by atoms with Crippen molar-refractivity contribution < 1.29 is 0 Å². The fourth-order valence-corrected chi connectivity index (χ4v) is 2.12. The lowest BCUT2D eigenvalue weighted by atomic mass is 9.81. The van der Waals surface area contributed by atoms with E-state index < -0.39 is 0 Å². The van der Waals surface area contributed by atoms with Gasteiger partial charge in [-0.3, -0.25) is 0 Å². The summed E-state index contributed by atoms with van der Waals surface area (Å²) in [6, 6.07) is 0. The van der Waals surface area contributed by atoms with E-state index >= 15 is 0 Å². The summed E-state index contributed by atoms with van der Waals surface area (Å²) in [6.45, 7) is 4.48. The van der Waals surface area contributed by atoms with E-state index in [-0.39, 0.29) is 0 Å². The molecule has 0 nitrogen and oxygen atoms in total. The molecular formula is C11H20. The molecule has 0 N–H and O–H groups in total. The van der Waals surface area contributed by atoms with Gasteiger partial charge >= 0.3 is 0 Å². The first-order valence-corrected chi connectivity index (χ1v) is 4.97. The van der Waals surface area contributed by atoms with Crippen molar-refractivity contribution in [2.75, 3.05) is 0 Å². The van der Waals surface area contributed by atoms with Crippen molar-refractivity contribution in [3.8, 4) is 0 Å². The lowest BCUT2D eigenvalue weighted by Crippen LogP contribution is -2.13. The standard InChI is InChI=1S/C11H20/c1-3-7-10(2)11-8-5-4-6-9-11/h3,7,10-11H,4-6,8-9H2,1-2H3/b7-3+. The molecule has 0 aromatic heterocycles. The van der Waals surface area contributed by atoms with E-state index in [1.807, 2.05) is 0 Å². The summed E-state index contributed by atoms with van der Waals surface area (Å²) >= 11 is 0. The highest BCUT2D eigenvalue weighted by atomic mass is 14.2. The van der Waals surface area contributed by atoms with Crippen LogP contribution in [0.3, 0.4) is 0 Å². The fourth-order valence-electron chi connectivity index (χ4n) is 2.12. The van der Waals surface area contributed by atoms with Crippen molar-refractivity contribution in [2.24, 2.45) is 11.8 Å². The zero-order valence-corrected chi connectivity index (χ0v) is 7.84. The fraction of sp³-hybridized carbons (Fsp3) is 0.818. The van der Waals surface area contributed by atoms with Crippen molar-refractivity contribution in [1.82, 2.24) is 0 Å². The Hall–Kier alpha value is -0.260. The van der Waals surface area contributed by atoms with Gasteiger partial charge in [0.2, 0.25) is 0 Å². The predicted molar refractivity (Wildman–Crippen MR) is 50.6 cm³/mol. The van der Waals surface area contributed by atoms with Gasteiger partial charge in [-0.15, -0.1) is 0 Å². The first kappa shape index (κ1) is 8.83. The quantitative estimate of drug-likeness (QED) is 0.528. The molecule has 11 heavy (non-hydrogen) atoms. The normalized spacial score (nSPS) is 24.2. The molecule has 0 heterocycles. The first-order valence-electron chi connectivity index (χ1n) is 4.97. The second-order valence-electron chi connectivity index (χ2n) is 3.78. The number of allylic oxidation sites excluding steroid dienone is 2. The van der Waals surface area contributed by atoms with Crippen molar-refractivity contribution in [3.05, 3.63) is 12.2 Å². The molecule has 0 aromatic rings. The number of hydrogen-bond donors (Lipinski definition) is 0. The van der Waals surface area contributed by atoms with E-state index in [2.05, 4.69) is 26.0 Å². The molecule has 0 bridgehead atoms. The second-order valence-corrected chi connectivity index (χ2v) is 3.78. The molecule has 1 unspecified atom stereocenters. The van der Waals surface area contributed by atoms with Crippen LogP contribution in [0, 0.1) is 11.8 Å². The van der Waals surface area contributed by atoms with Gasteiger partial charge in [0.05, 0.1) is 0 Å². The molecule has 1 atom stereocenters. The minimum atomic E-state index is 0.820. The summed E-state index contributed by atoms with van der Waals surface area (Å²) in [6.07, 6.45) is 11.9. The molecule has 0 aliphatic heterocycles. The van der Waals surface area contributed by atoms with E-state index in [1.165, 1.54) is 32.1 Å². The number of rotatable bonds is 2. The van der Waals surface area contributed by atoms with Gasteiger partial charge in [0.1, 0.15) is 0 Å². The minimum absolute atomic E-state index is 0.820. The Labute approximate surface area is 70.7 Å². The monoisotopic (exact) mass is 152 g/mol. The average molecular weight is 152 g/mol. The van der Waals surface area contributed by atoms with Gasteiger partial charge in [0, 0.05) is 0 Å². The average Bonchev–Trinajstić information content (AvgIpc) is 2.07. The number of hydrogen-bond acceptors (Lipinski definition) is 0. The van der Waals surface area contributed by atoms with Crippen LogP contribution in [0.2, 0.25) is 0 Å². The molecule has 0 aromatic carbocycles. The Morgan fingerprint density at radius 2 is 1.82 bits per heavy atom. The summed E-state index contributed by atoms with van der Waals surface area (Å²) < 4.78 is 0. The van der Waals surface area contributed by atoms with Gasteiger partial charge in [0.25, 0.3) is 0 Å². The van der Waals surface area contributed by atoms with E-state index in [1.54, 1.807) is 0 Å². The largest absolute Gasteiger partial charge is 0.0914 e. The SMILES string of the molecule is C/C=C/C(C)C1CCCCC1. The summed E-state index contributed by atoms with van der Waals surface area (Å²) in [5, 5.41) is 0. The lowest BCUT2D eigenvalue weighted by Gasteiger charge is -2.25. The zero-order chi connectivity index (χ0) is 8.10. The predicted octanol–water partition coefficient (Wildman–Crippen LogP) is 3.78. The highest BCUT2D eigenvalue weighted by Gasteiger charge is 2.17. The van der Waals surface area contributed by atoms with Gasteiger partial charge in [-0.2, -0.15) is 0 Å². The molecule has 0 amide bonds. The van der Waals surface area contributed by atoms with E-state index in [0.717, 1.165) is 11.8 Å². The molecule has 64 valence electrons. The van der Waals surface area contributed by atoms with Crippen LogP contribution in [0.25, 0.3) is 0 Å². The van der Waals surface area contributed by atoms with Crippen LogP contribution < -0.4 is 0 Å². The maximum absolute atomic E-state index is 2.36. The van der Waals surface area contributed by atoms with E-state index in [0.29, 0.717) is 0 Å². The third-order valence-corrected chi connectivity index (χ3v) is 2.89. The topological polar surface area (TPSA) is 0 Å². The molecule has 1 aliphatic rings. The molecule has 0 heteroatoms. The van der Waals surface area contributed by atoms with Crippen LogP contribution in [-0.4, -0.2) is 0 Å². The van der Waals surface area contributed by atoms with Crippen LogP contribution in [0.15, 0.2) is 12.2 Å². The van der Waals surface area contributed by atoms with Crippen LogP contribution in [0.5, 0.6) is 0 Å². The van der Waals surface area contributed by atoms with E-state index in [9.17, 15) is 0 Å². The lowest BCUT2D eigenvalue weighted by molar-refractivity contribution is 0.300. The van der Waals surface area contributed by atoms with Crippen LogP contribution in [-0.2, 0) is 0 Å². The van der Waals surface area contributed by atoms with Crippen molar-refractivity contribution in [1.29, 1.82) is 0 Å². The second kappa shape index (κ2) is 4.58. The highest BCUT2D eigenvalue weighted by molar-refractivity contribution is 4.87. The maximum atomic E-state index is 2.36. The Morgan fingerprint density at radius 1 is 1.18 bits per heavy atom. The minimum Gasteiger partial charge on any atom is -0.0914 e. The molecule has 1 rings (SSSR count).